The number of nitrogens with one attached hydrogen (secondary N) is 1. The van der Waals surface area contributed by atoms with E-state index in [1.165, 1.54) is 0 Å². The van der Waals surface area contributed by atoms with Crippen LogP contribution in [0.25, 0.3) is 0 Å². The molecule has 0 spiro atoms. The van der Waals surface area contributed by atoms with Gasteiger partial charge in [-0.25, -0.2) is 9.78 Å². The van der Waals surface area contributed by atoms with Gasteiger partial charge < -0.3 is 15.1 Å². The summed E-state index contributed by atoms with van der Waals surface area (Å²) in [6.45, 7) is 4.38. The van der Waals surface area contributed by atoms with Crippen LogP contribution in [0.1, 0.15) is 24.1 Å². The highest BCUT2D eigenvalue weighted by Gasteiger charge is 2.24. The van der Waals surface area contributed by atoms with Gasteiger partial charge in [-0.05, 0) is 36.8 Å². The fraction of sp³-hybridized carbons (Fsp3) is 0.316. The monoisotopic (exact) mass is 369 g/mol. The predicted octanol–water partition coefficient (Wildman–Crippen LogP) is 3.20. The third-order valence-electron chi connectivity index (χ3n) is 4.46. The molecule has 1 N–H and O–H groups in total. The number of carbonyl (C=O) groups excluding carboxylic acids is 1. The first-order valence-electron chi connectivity index (χ1n) is 8.49. The quantitative estimate of drug-likeness (QED) is 0.901. The number of aromatic nitrogens is 1. The van der Waals surface area contributed by atoms with Crippen molar-refractivity contribution in [1.29, 1.82) is 5.26 Å². The number of benzene rings is 1. The number of carbonyl (C=O) groups is 1. The number of pyridine rings is 1. The minimum absolute atomic E-state index is 0.0985. The number of piperazine rings is 1. The van der Waals surface area contributed by atoms with Crippen molar-refractivity contribution in [1.82, 2.24) is 15.2 Å². The molecule has 6 nitrogen and oxygen atoms in total. The van der Waals surface area contributed by atoms with E-state index >= 15 is 0 Å². The predicted molar refractivity (Wildman–Crippen MR) is 101 cm³/mol. The number of amides is 2. The lowest BCUT2D eigenvalue weighted by atomic mass is 10.1. The van der Waals surface area contributed by atoms with Gasteiger partial charge in [0.05, 0.1) is 11.6 Å². The molecule has 7 heteroatoms. The number of nitriles is 1. The molecular weight excluding hydrogens is 350 g/mol. The number of nitrogens with zero attached hydrogens (tertiary/aromatic N) is 4. The average Bonchev–Trinajstić information content (AvgIpc) is 2.68. The van der Waals surface area contributed by atoms with Crippen molar-refractivity contribution in [3.8, 4) is 6.07 Å². The number of hydrogen-bond acceptors (Lipinski definition) is 4. The van der Waals surface area contributed by atoms with Crippen LogP contribution in [0.3, 0.4) is 0 Å². The van der Waals surface area contributed by atoms with Gasteiger partial charge in [0.2, 0.25) is 0 Å². The van der Waals surface area contributed by atoms with Gasteiger partial charge in [-0.2, -0.15) is 5.26 Å². The van der Waals surface area contributed by atoms with Gasteiger partial charge in [0.15, 0.2) is 0 Å². The zero-order chi connectivity index (χ0) is 18.5. The van der Waals surface area contributed by atoms with E-state index in [2.05, 4.69) is 16.4 Å². The van der Waals surface area contributed by atoms with Gasteiger partial charge in [0, 0.05) is 37.4 Å². The Kier molecular flexibility index (Phi) is 5.59. The molecule has 0 saturated carbocycles. The smallest absolute Gasteiger partial charge is 0.317 e. The van der Waals surface area contributed by atoms with Gasteiger partial charge in [0.1, 0.15) is 11.9 Å². The van der Waals surface area contributed by atoms with Crippen molar-refractivity contribution in [3.05, 3.63) is 58.7 Å². The average molecular weight is 370 g/mol. The van der Waals surface area contributed by atoms with Crippen LogP contribution in [0.4, 0.5) is 10.6 Å². The van der Waals surface area contributed by atoms with Gasteiger partial charge in [0.25, 0.3) is 0 Å². The molecule has 1 atom stereocenters. The maximum absolute atomic E-state index is 12.5. The summed E-state index contributed by atoms with van der Waals surface area (Å²) in [4.78, 5) is 20.7. The van der Waals surface area contributed by atoms with E-state index in [1.807, 2.05) is 36.1 Å². The third-order valence-corrected chi connectivity index (χ3v) is 4.70. The fourth-order valence-corrected chi connectivity index (χ4v) is 3.19. The zero-order valence-corrected chi connectivity index (χ0v) is 15.3. The minimum Gasteiger partial charge on any atom is -0.352 e. The highest BCUT2D eigenvalue weighted by molar-refractivity contribution is 6.30. The Morgan fingerprint density at radius 2 is 2.04 bits per heavy atom. The molecule has 1 aliphatic heterocycles. The van der Waals surface area contributed by atoms with E-state index in [0.717, 1.165) is 5.56 Å². The molecule has 1 aromatic carbocycles. The van der Waals surface area contributed by atoms with Gasteiger partial charge in [-0.3, -0.25) is 0 Å². The Bertz CT molecular complexity index is 827. The molecule has 0 aliphatic carbocycles. The van der Waals surface area contributed by atoms with Crippen molar-refractivity contribution < 1.29 is 4.79 Å². The van der Waals surface area contributed by atoms with E-state index in [4.69, 9.17) is 11.6 Å². The van der Waals surface area contributed by atoms with Crippen LogP contribution < -0.4 is 10.2 Å². The van der Waals surface area contributed by atoms with Gasteiger partial charge in [-0.1, -0.05) is 23.7 Å². The standard InChI is InChI=1S/C19H20ClN5O/c1-14(15-4-2-6-17(20)12-15)23-19(26)25-10-8-24(9-11-25)18-16(13-21)5-3-7-22-18/h2-7,12,14H,8-11H2,1H3,(H,23,26). The van der Waals surface area contributed by atoms with Crippen LogP contribution in [-0.4, -0.2) is 42.1 Å². The second-order valence-electron chi connectivity index (χ2n) is 6.19. The summed E-state index contributed by atoms with van der Waals surface area (Å²) in [5.74, 6) is 0.683. The molecule has 0 bridgehead atoms. The highest BCUT2D eigenvalue weighted by atomic mass is 35.5. The van der Waals surface area contributed by atoms with Crippen molar-refractivity contribution in [3.63, 3.8) is 0 Å². The summed E-state index contributed by atoms with van der Waals surface area (Å²) >= 11 is 6.02. The Morgan fingerprint density at radius 1 is 1.27 bits per heavy atom. The number of anilines is 1. The largest absolute Gasteiger partial charge is 0.352 e. The van der Waals surface area contributed by atoms with Crippen molar-refractivity contribution in [2.75, 3.05) is 31.1 Å². The number of halogens is 1. The minimum atomic E-state index is -0.125. The first kappa shape index (κ1) is 18.0. The Hall–Kier alpha value is -2.78. The van der Waals surface area contributed by atoms with Gasteiger partial charge in [-0.15, -0.1) is 0 Å². The Morgan fingerprint density at radius 3 is 2.73 bits per heavy atom. The SMILES string of the molecule is CC(NC(=O)N1CCN(c2ncccc2C#N)CC1)c1cccc(Cl)c1. The summed E-state index contributed by atoms with van der Waals surface area (Å²) in [5, 5.41) is 12.9. The molecule has 2 heterocycles. The maximum Gasteiger partial charge on any atom is 0.317 e. The van der Waals surface area contributed by atoms with Crippen LogP contribution >= 0.6 is 11.6 Å². The molecule has 0 radical (unpaired) electrons. The van der Waals surface area contributed by atoms with E-state index in [9.17, 15) is 10.1 Å². The summed E-state index contributed by atoms with van der Waals surface area (Å²) in [6, 6.07) is 12.9. The molecule has 3 rings (SSSR count). The van der Waals surface area contributed by atoms with E-state index in [1.54, 1.807) is 23.2 Å². The first-order chi connectivity index (χ1) is 12.6. The topological polar surface area (TPSA) is 72.3 Å². The summed E-state index contributed by atoms with van der Waals surface area (Å²) in [7, 11) is 0. The molecule has 1 aromatic heterocycles. The van der Waals surface area contributed by atoms with E-state index < -0.39 is 0 Å². The third kappa shape index (κ3) is 4.06. The molecule has 134 valence electrons. The zero-order valence-electron chi connectivity index (χ0n) is 14.5. The highest BCUT2D eigenvalue weighted by Crippen LogP contribution is 2.20. The Labute approximate surface area is 158 Å². The molecular formula is C19H20ClN5O. The van der Waals surface area contributed by atoms with Crippen molar-refractivity contribution >= 4 is 23.4 Å². The summed E-state index contributed by atoms with van der Waals surface area (Å²) in [6.07, 6.45) is 1.68. The first-order valence-corrected chi connectivity index (χ1v) is 8.87. The number of rotatable bonds is 3. The van der Waals surface area contributed by atoms with Crippen LogP contribution in [0.15, 0.2) is 42.6 Å². The summed E-state index contributed by atoms with van der Waals surface area (Å²) < 4.78 is 0. The molecule has 26 heavy (non-hydrogen) atoms. The van der Waals surface area contributed by atoms with Crippen molar-refractivity contribution in [2.45, 2.75) is 13.0 Å². The lowest BCUT2D eigenvalue weighted by Crippen LogP contribution is -2.52. The molecule has 1 saturated heterocycles. The van der Waals surface area contributed by atoms with Crippen molar-refractivity contribution in [2.24, 2.45) is 0 Å². The van der Waals surface area contributed by atoms with E-state index in [-0.39, 0.29) is 12.1 Å². The lowest BCUT2D eigenvalue weighted by Gasteiger charge is -2.36. The normalized spacial score (nSPS) is 15.3. The molecule has 1 aliphatic rings. The lowest BCUT2D eigenvalue weighted by molar-refractivity contribution is 0.191. The molecule has 2 aromatic rings. The molecule has 2 amide bonds. The van der Waals surface area contributed by atoms with Crippen LogP contribution in [-0.2, 0) is 0 Å². The molecule has 1 unspecified atom stereocenters. The van der Waals surface area contributed by atoms with E-state index in [0.29, 0.717) is 42.6 Å². The molecule has 1 fully saturated rings. The van der Waals surface area contributed by atoms with Crippen LogP contribution in [0, 0.1) is 11.3 Å². The second-order valence-corrected chi connectivity index (χ2v) is 6.62. The summed E-state index contributed by atoms with van der Waals surface area (Å²) in [5.41, 5.74) is 1.52. The van der Waals surface area contributed by atoms with Gasteiger partial charge >= 0.3 is 6.03 Å². The Balaban J connectivity index is 1.58. The number of hydrogen-bond donors (Lipinski definition) is 1. The second kappa shape index (κ2) is 8.07. The number of urea groups is 1. The maximum atomic E-state index is 12.5. The van der Waals surface area contributed by atoms with Crippen LogP contribution in [0.5, 0.6) is 0 Å². The van der Waals surface area contributed by atoms with Crippen LogP contribution in [0.2, 0.25) is 5.02 Å². The fourth-order valence-electron chi connectivity index (χ4n) is 2.99.